The maximum absolute atomic E-state index is 12.8. The fourth-order valence-electron chi connectivity index (χ4n) is 4.17. The molecule has 25 heavy (non-hydrogen) atoms. The zero-order valence-electron chi connectivity index (χ0n) is 14.7. The van der Waals surface area contributed by atoms with Gasteiger partial charge in [-0.25, -0.2) is 8.42 Å². The Bertz CT molecular complexity index is 761. The Morgan fingerprint density at radius 1 is 1.24 bits per heavy atom. The second-order valence-electron chi connectivity index (χ2n) is 7.69. The molecule has 8 heteroatoms. The quantitative estimate of drug-likeness (QED) is 0.808. The number of hydrogen-bond donors (Lipinski definition) is 0. The van der Waals surface area contributed by atoms with Crippen LogP contribution in [0.4, 0.5) is 0 Å². The number of aromatic nitrogens is 2. The Morgan fingerprint density at radius 3 is 2.56 bits per heavy atom. The van der Waals surface area contributed by atoms with Crippen molar-refractivity contribution in [1.82, 2.24) is 19.0 Å². The minimum atomic E-state index is -3.47. The molecule has 7 nitrogen and oxygen atoms in total. The lowest BCUT2D eigenvalue weighted by Gasteiger charge is -2.47. The van der Waals surface area contributed by atoms with Crippen LogP contribution >= 0.6 is 0 Å². The second kappa shape index (κ2) is 6.09. The molecule has 1 aromatic heterocycles. The van der Waals surface area contributed by atoms with Crippen molar-refractivity contribution in [3.05, 3.63) is 12.4 Å². The summed E-state index contributed by atoms with van der Waals surface area (Å²) in [5.41, 5.74) is 0.107. The number of hydrogen-bond acceptors (Lipinski definition) is 4. The molecule has 2 saturated heterocycles. The van der Waals surface area contributed by atoms with E-state index < -0.39 is 10.0 Å². The number of sulfonamides is 1. The molecule has 2 aliphatic heterocycles. The maximum Gasteiger partial charge on any atom is 0.246 e. The van der Waals surface area contributed by atoms with Crippen LogP contribution in [0.5, 0.6) is 0 Å². The van der Waals surface area contributed by atoms with Crippen molar-refractivity contribution in [2.24, 2.45) is 5.41 Å². The number of carbonyl (C=O) groups is 1. The first-order valence-corrected chi connectivity index (χ1v) is 10.7. The van der Waals surface area contributed by atoms with Crippen molar-refractivity contribution < 1.29 is 13.2 Å². The minimum absolute atomic E-state index is 0.107. The third-order valence-electron chi connectivity index (χ3n) is 6.04. The van der Waals surface area contributed by atoms with E-state index in [1.165, 1.54) is 6.20 Å². The molecule has 0 bridgehead atoms. The van der Waals surface area contributed by atoms with Crippen molar-refractivity contribution in [2.45, 2.75) is 62.9 Å². The molecule has 4 rings (SSSR count). The van der Waals surface area contributed by atoms with Crippen LogP contribution in [-0.4, -0.2) is 59.0 Å². The third kappa shape index (κ3) is 3.10. The monoisotopic (exact) mass is 366 g/mol. The van der Waals surface area contributed by atoms with Gasteiger partial charge in [0.25, 0.3) is 0 Å². The Hall–Kier alpha value is -1.41. The molecule has 0 atom stereocenters. The fraction of sp³-hybridized carbons (Fsp3) is 0.765. The number of rotatable bonds is 4. The number of piperidine rings is 2. The van der Waals surface area contributed by atoms with E-state index in [1.807, 2.05) is 6.92 Å². The van der Waals surface area contributed by atoms with Crippen LogP contribution in [0.15, 0.2) is 17.3 Å². The molecule has 0 aromatic carbocycles. The SMILES string of the molecule is CCn1cc(S(=O)(=O)N2CCC3(CCC(=O)N(C4CC4)C3)CC2)cn1. The lowest BCUT2D eigenvalue weighted by Crippen LogP contribution is -2.52. The average Bonchev–Trinajstić information content (AvgIpc) is 3.33. The van der Waals surface area contributed by atoms with Gasteiger partial charge in [0.2, 0.25) is 15.9 Å². The van der Waals surface area contributed by atoms with Crippen LogP contribution in [-0.2, 0) is 21.4 Å². The first-order chi connectivity index (χ1) is 11.9. The first kappa shape index (κ1) is 17.0. The van der Waals surface area contributed by atoms with Crippen molar-refractivity contribution in [3.8, 4) is 0 Å². The number of carbonyl (C=O) groups excluding carboxylic acids is 1. The van der Waals surface area contributed by atoms with Crippen molar-refractivity contribution in [2.75, 3.05) is 19.6 Å². The molecule has 3 fully saturated rings. The smallest absolute Gasteiger partial charge is 0.246 e. The fourth-order valence-corrected chi connectivity index (χ4v) is 5.57. The van der Waals surface area contributed by atoms with E-state index in [1.54, 1.807) is 15.2 Å². The third-order valence-corrected chi connectivity index (χ3v) is 7.89. The molecule has 1 saturated carbocycles. The molecule has 0 radical (unpaired) electrons. The first-order valence-electron chi connectivity index (χ1n) is 9.26. The van der Waals surface area contributed by atoms with Crippen LogP contribution in [0.2, 0.25) is 0 Å². The molecule has 0 unspecified atom stereocenters. The topological polar surface area (TPSA) is 75.5 Å². The predicted octanol–water partition coefficient (Wildman–Crippen LogP) is 1.46. The van der Waals surface area contributed by atoms with Crippen LogP contribution in [0, 0.1) is 5.41 Å². The Morgan fingerprint density at radius 2 is 1.96 bits per heavy atom. The van der Waals surface area contributed by atoms with Gasteiger partial charge < -0.3 is 4.90 Å². The zero-order valence-corrected chi connectivity index (χ0v) is 15.5. The summed E-state index contributed by atoms with van der Waals surface area (Å²) < 4.78 is 28.9. The van der Waals surface area contributed by atoms with Crippen LogP contribution in [0.25, 0.3) is 0 Å². The Balaban J connectivity index is 1.45. The molecule has 138 valence electrons. The van der Waals surface area contributed by atoms with Gasteiger partial charge in [-0.05, 0) is 44.4 Å². The number of amides is 1. The molecule has 1 spiro atoms. The highest BCUT2D eigenvalue weighted by Crippen LogP contribution is 2.44. The summed E-state index contributed by atoms with van der Waals surface area (Å²) >= 11 is 0. The van der Waals surface area contributed by atoms with Gasteiger partial charge >= 0.3 is 0 Å². The summed E-state index contributed by atoms with van der Waals surface area (Å²) in [6, 6.07) is 0.450. The average molecular weight is 366 g/mol. The van der Waals surface area contributed by atoms with E-state index >= 15 is 0 Å². The van der Waals surface area contributed by atoms with Gasteiger partial charge in [0, 0.05) is 44.8 Å². The largest absolute Gasteiger partial charge is 0.339 e. The van der Waals surface area contributed by atoms with Crippen LogP contribution in [0.1, 0.15) is 45.4 Å². The molecule has 3 aliphatic rings. The Labute approximate surface area is 149 Å². The highest BCUT2D eigenvalue weighted by molar-refractivity contribution is 7.89. The van der Waals surface area contributed by atoms with Crippen molar-refractivity contribution >= 4 is 15.9 Å². The summed E-state index contributed by atoms with van der Waals surface area (Å²) in [7, 11) is -3.47. The van der Waals surface area contributed by atoms with E-state index in [4.69, 9.17) is 0 Å². The lowest BCUT2D eigenvalue weighted by atomic mass is 9.72. The van der Waals surface area contributed by atoms with Crippen LogP contribution < -0.4 is 0 Å². The summed E-state index contributed by atoms with van der Waals surface area (Å²) in [5.74, 6) is 0.287. The highest BCUT2D eigenvalue weighted by Gasteiger charge is 2.46. The van der Waals surface area contributed by atoms with Gasteiger partial charge in [-0.2, -0.15) is 9.40 Å². The van der Waals surface area contributed by atoms with Gasteiger partial charge in [0.05, 0.1) is 6.20 Å². The maximum atomic E-state index is 12.8. The second-order valence-corrected chi connectivity index (χ2v) is 9.63. The summed E-state index contributed by atoms with van der Waals surface area (Å²) in [4.78, 5) is 14.5. The van der Waals surface area contributed by atoms with Gasteiger partial charge in [0.1, 0.15) is 4.90 Å². The molecule has 1 aromatic rings. The van der Waals surface area contributed by atoms with E-state index in [0.717, 1.165) is 38.6 Å². The van der Waals surface area contributed by atoms with Gasteiger partial charge in [0.15, 0.2) is 0 Å². The van der Waals surface area contributed by atoms with E-state index in [0.29, 0.717) is 32.1 Å². The van der Waals surface area contributed by atoms with Crippen molar-refractivity contribution in [1.29, 1.82) is 0 Å². The Kier molecular flexibility index (Phi) is 4.15. The van der Waals surface area contributed by atoms with Gasteiger partial charge in [-0.15, -0.1) is 0 Å². The highest BCUT2D eigenvalue weighted by atomic mass is 32.2. The predicted molar refractivity (Wildman–Crippen MR) is 92.3 cm³/mol. The molecule has 0 N–H and O–H groups in total. The van der Waals surface area contributed by atoms with Gasteiger partial charge in [-0.1, -0.05) is 0 Å². The number of aryl methyl sites for hydroxylation is 1. The van der Waals surface area contributed by atoms with Crippen molar-refractivity contribution in [3.63, 3.8) is 0 Å². The molecular formula is C17H26N4O3S. The molecule has 1 amide bonds. The summed E-state index contributed by atoms with van der Waals surface area (Å²) in [6.07, 6.45) is 8.50. The number of nitrogens with zero attached hydrogens (tertiary/aromatic N) is 4. The normalized spacial score (nSPS) is 24.8. The van der Waals surface area contributed by atoms with E-state index in [2.05, 4.69) is 10.00 Å². The molecule has 1 aliphatic carbocycles. The minimum Gasteiger partial charge on any atom is -0.339 e. The standard InChI is InChI=1S/C17H26N4O3S/c1-2-19-12-15(11-18-19)25(23,24)20-9-7-17(8-10-20)6-5-16(22)21(13-17)14-3-4-14/h11-12,14H,2-10,13H2,1H3. The zero-order chi connectivity index (χ0) is 17.7. The summed E-state index contributed by atoms with van der Waals surface area (Å²) in [5, 5.41) is 4.09. The van der Waals surface area contributed by atoms with Gasteiger partial charge in [-0.3, -0.25) is 9.48 Å². The molecular weight excluding hydrogens is 340 g/mol. The van der Waals surface area contributed by atoms with E-state index in [-0.39, 0.29) is 16.2 Å². The lowest BCUT2D eigenvalue weighted by molar-refractivity contribution is -0.139. The molecule has 3 heterocycles. The number of likely N-dealkylation sites (tertiary alicyclic amines) is 1. The summed E-state index contributed by atoms with van der Waals surface area (Å²) in [6.45, 7) is 4.48. The van der Waals surface area contributed by atoms with E-state index in [9.17, 15) is 13.2 Å². The van der Waals surface area contributed by atoms with Crippen LogP contribution in [0.3, 0.4) is 0 Å².